The zero-order valence-corrected chi connectivity index (χ0v) is 13.0. The maximum absolute atomic E-state index is 6.77. The van der Waals surface area contributed by atoms with Gasteiger partial charge in [-0.1, -0.05) is 33.6 Å². The topological polar surface area (TPSA) is 9.23 Å². The van der Waals surface area contributed by atoms with Crippen molar-refractivity contribution in [3.63, 3.8) is 0 Å². The first-order chi connectivity index (χ1) is 7.87. The molecule has 0 aromatic heterocycles. The lowest BCUT2D eigenvalue weighted by Gasteiger charge is -2.42. The summed E-state index contributed by atoms with van der Waals surface area (Å²) >= 11 is 0. The highest BCUT2D eigenvalue weighted by atomic mass is 28.4. The highest BCUT2D eigenvalue weighted by Gasteiger charge is 2.62. The van der Waals surface area contributed by atoms with Gasteiger partial charge in [-0.3, -0.25) is 0 Å². The van der Waals surface area contributed by atoms with Gasteiger partial charge in [0.1, 0.15) is 0 Å². The van der Waals surface area contributed by atoms with Crippen molar-refractivity contribution >= 4 is 8.32 Å². The highest BCUT2D eigenvalue weighted by Crippen LogP contribution is 2.66. The summed E-state index contributed by atoms with van der Waals surface area (Å²) in [4.78, 5) is 0. The van der Waals surface area contributed by atoms with Crippen molar-refractivity contribution in [1.29, 1.82) is 0 Å². The molecule has 3 atom stereocenters. The van der Waals surface area contributed by atoms with E-state index in [-0.39, 0.29) is 0 Å². The van der Waals surface area contributed by atoms with Crippen molar-refractivity contribution in [1.82, 2.24) is 0 Å². The lowest BCUT2D eigenvalue weighted by molar-refractivity contribution is 0.0240. The van der Waals surface area contributed by atoms with E-state index in [1.54, 1.807) is 0 Å². The molecule has 2 heteroatoms. The molecule has 1 heterocycles. The molecule has 0 aromatic carbocycles. The van der Waals surface area contributed by atoms with E-state index in [4.69, 9.17) is 4.43 Å². The molecule has 0 N–H and O–H groups in total. The molecule has 3 aliphatic rings. The van der Waals surface area contributed by atoms with Crippen LogP contribution in [0.1, 0.15) is 52.9 Å². The summed E-state index contributed by atoms with van der Waals surface area (Å²) in [5.41, 5.74) is 0.983. The Labute approximate surface area is 107 Å². The molecule has 2 aliphatic carbocycles. The van der Waals surface area contributed by atoms with Crippen LogP contribution >= 0.6 is 0 Å². The quantitative estimate of drug-likeness (QED) is 0.653. The van der Waals surface area contributed by atoms with E-state index in [1.165, 1.54) is 44.2 Å². The van der Waals surface area contributed by atoms with Crippen molar-refractivity contribution in [3.8, 4) is 0 Å². The van der Waals surface area contributed by atoms with Gasteiger partial charge in [-0.05, 0) is 54.6 Å². The first kappa shape index (κ1) is 12.2. The van der Waals surface area contributed by atoms with E-state index < -0.39 is 8.32 Å². The molecule has 2 bridgehead atoms. The lowest BCUT2D eigenvalue weighted by Crippen LogP contribution is -2.44. The summed E-state index contributed by atoms with van der Waals surface area (Å²) in [6.07, 6.45) is 7.65. The average Bonchev–Trinajstić information content (AvgIpc) is 2.81. The first-order valence-electron chi connectivity index (χ1n) is 7.55. The SMILES string of the molecule is CC1(C)C2CCC1(C)C(O[Si]1(C)CCCC1)C2. The molecule has 17 heavy (non-hydrogen) atoms. The predicted octanol–water partition coefficient (Wildman–Crippen LogP) is 4.59. The molecule has 1 aliphatic heterocycles. The molecule has 0 amide bonds. The molecular formula is C15H28OSi. The Kier molecular flexibility index (Phi) is 2.59. The molecule has 0 radical (unpaired) electrons. The maximum Gasteiger partial charge on any atom is 0.190 e. The van der Waals surface area contributed by atoms with Crippen molar-refractivity contribution in [3.05, 3.63) is 0 Å². The fourth-order valence-electron chi connectivity index (χ4n) is 4.89. The molecule has 3 rings (SSSR count). The second-order valence-electron chi connectivity index (χ2n) is 7.87. The third-order valence-electron chi connectivity index (χ3n) is 6.80. The summed E-state index contributed by atoms with van der Waals surface area (Å²) in [5.74, 6) is 0.927. The zero-order chi connectivity index (χ0) is 12.3. The Morgan fingerprint density at radius 2 is 1.76 bits per heavy atom. The fraction of sp³-hybridized carbons (Fsp3) is 1.00. The number of hydrogen-bond acceptors (Lipinski definition) is 1. The van der Waals surface area contributed by atoms with Gasteiger partial charge in [0.2, 0.25) is 0 Å². The Bertz CT molecular complexity index is 319. The Balaban J connectivity index is 1.78. The predicted molar refractivity (Wildman–Crippen MR) is 74.6 cm³/mol. The molecular weight excluding hydrogens is 224 g/mol. The Morgan fingerprint density at radius 1 is 1.12 bits per heavy atom. The largest absolute Gasteiger partial charge is 0.414 e. The van der Waals surface area contributed by atoms with Gasteiger partial charge in [0.25, 0.3) is 0 Å². The van der Waals surface area contributed by atoms with Crippen molar-refractivity contribution in [2.75, 3.05) is 0 Å². The van der Waals surface area contributed by atoms with Gasteiger partial charge in [-0.25, -0.2) is 0 Å². The van der Waals surface area contributed by atoms with E-state index in [1.807, 2.05) is 0 Å². The molecule has 0 aromatic rings. The van der Waals surface area contributed by atoms with Crippen LogP contribution in [0.2, 0.25) is 18.6 Å². The van der Waals surface area contributed by atoms with Crippen LogP contribution in [0, 0.1) is 16.7 Å². The van der Waals surface area contributed by atoms with Gasteiger partial charge in [0.15, 0.2) is 8.32 Å². The van der Waals surface area contributed by atoms with Gasteiger partial charge >= 0.3 is 0 Å². The minimum absolute atomic E-state index is 0.469. The molecule has 3 unspecified atom stereocenters. The smallest absolute Gasteiger partial charge is 0.190 e. The molecule has 1 nitrogen and oxygen atoms in total. The van der Waals surface area contributed by atoms with Crippen LogP contribution < -0.4 is 0 Å². The molecule has 1 saturated heterocycles. The summed E-state index contributed by atoms with van der Waals surface area (Å²) in [6, 6.07) is 2.84. The Hall–Kier alpha value is 0.177. The number of hydrogen-bond donors (Lipinski definition) is 0. The average molecular weight is 252 g/mol. The van der Waals surface area contributed by atoms with Crippen LogP contribution in [0.5, 0.6) is 0 Å². The lowest BCUT2D eigenvalue weighted by atomic mass is 9.70. The van der Waals surface area contributed by atoms with Crippen LogP contribution in [0.15, 0.2) is 0 Å². The van der Waals surface area contributed by atoms with E-state index in [0.29, 0.717) is 16.9 Å². The van der Waals surface area contributed by atoms with E-state index in [2.05, 4.69) is 27.3 Å². The minimum atomic E-state index is -1.30. The van der Waals surface area contributed by atoms with Crippen LogP contribution in [-0.4, -0.2) is 14.4 Å². The first-order valence-corrected chi connectivity index (χ1v) is 10.4. The van der Waals surface area contributed by atoms with Crippen LogP contribution in [0.25, 0.3) is 0 Å². The standard InChI is InChI=1S/C15H28OSi/c1-14(2)12-7-8-15(14,3)13(11-12)16-17(4)9-5-6-10-17/h12-13H,5-11H2,1-4H3. The van der Waals surface area contributed by atoms with Crippen LogP contribution in [0.4, 0.5) is 0 Å². The Morgan fingerprint density at radius 3 is 2.24 bits per heavy atom. The van der Waals surface area contributed by atoms with Crippen molar-refractivity contribution in [2.24, 2.45) is 16.7 Å². The van der Waals surface area contributed by atoms with E-state index >= 15 is 0 Å². The van der Waals surface area contributed by atoms with Crippen molar-refractivity contribution < 1.29 is 4.43 Å². The van der Waals surface area contributed by atoms with Crippen LogP contribution in [0.3, 0.4) is 0 Å². The third kappa shape index (κ3) is 1.59. The van der Waals surface area contributed by atoms with E-state index in [0.717, 1.165) is 5.92 Å². The number of fused-ring (bicyclic) bond motifs is 2. The molecule has 98 valence electrons. The van der Waals surface area contributed by atoms with E-state index in [9.17, 15) is 0 Å². The van der Waals surface area contributed by atoms with Gasteiger partial charge < -0.3 is 4.43 Å². The zero-order valence-electron chi connectivity index (χ0n) is 12.0. The van der Waals surface area contributed by atoms with Crippen molar-refractivity contribution in [2.45, 2.75) is 77.6 Å². The molecule has 3 fully saturated rings. The summed E-state index contributed by atoms with van der Waals surface area (Å²) in [6.45, 7) is 9.98. The second kappa shape index (κ2) is 3.60. The molecule has 2 saturated carbocycles. The van der Waals surface area contributed by atoms with Gasteiger partial charge in [-0.2, -0.15) is 0 Å². The minimum Gasteiger partial charge on any atom is -0.414 e. The van der Waals surface area contributed by atoms with Gasteiger partial charge in [0.05, 0.1) is 6.10 Å². The maximum atomic E-state index is 6.77. The highest BCUT2D eigenvalue weighted by molar-refractivity contribution is 6.73. The molecule has 0 spiro atoms. The third-order valence-corrected chi connectivity index (χ3v) is 10.5. The summed E-state index contributed by atoms with van der Waals surface area (Å²) < 4.78 is 6.77. The summed E-state index contributed by atoms with van der Waals surface area (Å²) in [5, 5.41) is 0. The fourth-order valence-corrected chi connectivity index (χ4v) is 8.42. The van der Waals surface area contributed by atoms with Gasteiger partial charge in [0, 0.05) is 0 Å². The monoisotopic (exact) mass is 252 g/mol. The van der Waals surface area contributed by atoms with Crippen LogP contribution in [-0.2, 0) is 4.43 Å². The van der Waals surface area contributed by atoms with Gasteiger partial charge in [-0.15, -0.1) is 0 Å². The second-order valence-corrected chi connectivity index (χ2v) is 12.0. The summed E-state index contributed by atoms with van der Waals surface area (Å²) in [7, 11) is -1.30. The normalized spacial score (nSPS) is 46.6. The number of rotatable bonds is 2.